The van der Waals surface area contributed by atoms with Crippen LogP contribution in [0, 0.1) is 50.2 Å². The van der Waals surface area contributed by atoms with Crippen molar-refractivity contribution >= 4 is 0 Å². The van der Waals surface area contributed by atoms with Gasteiger partial charge in [-0.1, -0.05) is 60.1 Å². The van der Waals surface area contributed by atoms with E-state index in [2.05, 4.69) is 54.5 Å². The van der Waals surface area contributed by atoms with Crippen molar-refractivity contribution in [2.75, 3.05) is 26.4 Å². The molecule has 0 radical (unpaired) electrons. The summed E-state index contributed by atoms with van der Waals surface area (Å²) in [5.41, 5.74) is 1.29. The fourth-order valence-corrected chi connectivity index (χ4v) is 14.9. The normalized spacial score (nSPS) is 54.2. The maximum atomic E-state index is 11.6. The summed E-state index contributed by atoms with van der Waals surface area (Å²) in [6.45, 7) is 15.2. The second-order valence-electron chi connectivity index (χ2n) is 23.1. The summed E-state index contributed by atoms with van der Waals surface area (Å²) in [6, 6.07) is 0. The lowest BCUT2D eigenvalue weighted by molar-refractivity contribution is -0.396. The van der Waals surface area contributed by atoms with Crippen molar-refractivity contribution in [1.29, 1.82) is 0 Å². The van der Waals surface area contributed by atoms with Crippen molar-refractivity contribution in [2.45, 2.75) is 205 Å². The molecule has 0 aromatic carbocycles. The van der Waals surface area contributed by atoms with Crippen LogP contribution in [0.15, 0.2) is 11.6 Å². The summed E-state index contributed by atoms with van der Waals surface area (Å²) in [7, 11) is 0. The highest BCUT2D eigenvalue weighted by molar-refractivity contribution is 5.34. The highest BCUT2D eigenvalue weighted by atomic mass is 16.8. The molecule has 3 aliphatic heterocycles. The molecule has 3 saturated heterocycles. The Morgan fingerprint density at radius 1 is 0.619 bits per heavy atom. The predicted molar refractivity (Wildman–Crippen MR) is 224 cm³/mol. The highest BCUT2D eigenvalue weighted by Gasteiger charge is 2.69. The molecule has 0 amide bonds. The largest absolute Gasteiger partial charge is 0.396 e. The van der Waals surface area contributed by atoms with Gasteiger partial charge in [0.15, 0.2) is 18.9 Å². The third-order valence-corrected chi connectivity index (χ3v) is 19.0. The SMILES string of the molecule is CC1(C)CC[C@]2(CO)CC[C@]3(C)C(=CCC4[C@@]5(C)CCC(O[C@@H]6O[C@H](CO)[C@@H](O)[C@H](O[C@@H]7OC[C@H](O)[C@H](O)[C@H]7O)[C@H]6O[C@@H]6O[C@H](CO)[C@@H](O)[C@H](O)[C@H]6O)C(C)(C)C5CC[C@]43C)C2C1. The van der Waals surface area contributed by atoms with E-state index in [1.54, 1.807) is 5.57 Å². The second kappa shape index (κ2) is 17.3. The summed E-state index contributed by atoms with van der Waals surface area (Å²) in [5.74, 6) is 0.986. The third-order valence-electron chi connectivity index (χ3n) is 19.0. The number of aliphatic hydroxyl groups excluding tert-OH is 10. The molecule has 4 unspecified atom stereocenters. The molecule has 63 heavy (non-hydrogen) atoms. The Morgan fingerprint density at radius 3 is 1.94 bits per heavy atom. The lowest BCUT2D eigenvalue weighted by atomic mass is 9.33. The van der Waals surface area contributed by atoms with Gasteiger partial charge in [-0.3, -0.25) is 0 Å². The number of fused-ring (bicyclic) bond motifs is 7. The van der Waals surface area contributed by atoms with Crippen LogP contribution >= 0.6 is 0 Å². The molecule has 7 fully saturated rings. The minimum atomic E-state index is -1.84. The molecule has 16 heteroatoms. The van der Waals surface area contributed by atoms with Gasteiger partial charge < -0.3 is 79.5 Å². The van der Waals surface area contributed by atoms with Crippen LogP contribution in [0.3, 0.4) is 0 Å². The molecule has 4 saturated carbocycles. The van der Waals surface area contributed by atoms with Gasteiger partial charge in [0.2, 0.25) is 0 Å². The van der Waals surface area contributed by atoms with Crippen molar-refractivity contribution in [3.8, 4) is 0 Å². The molecule has 22 atom stereocenters. The first-order valence-corrected chi connectivity index (χ1v) is 23.7. The van der Waals surface area contributed by atoms with E-state index in [1.165, 1.54) is 0 Å². The van der Waals surface area contributed by atoms with Gasteiger partial charge in [-0.25, -0.2) is 0 Å². The van der Waals surface area contributed by atoms with Gasteiger partial charge in [-0.05, 0) is 109 Å². The zero-order valence-corrected chi connectivity index (χ0v) is 38.3. The molecule has 5 aliphatic carbocycles. The Kier molecular flexibility index (Phi) is 13.3. The van der Waals surface area contributed by atoms with Crippen LogP contribution in [0.5, 0.6) is 0 Å². The van der Waals surface area contributed by atoms with E-state index in [0.717, 1.165) is 57.8 Å². The van der Waals surface area contributed by atoms with Crippen molar-refractivity contribution < 1.29 is 79.5 Å². The molecular formula is C47H78O16. The molecule has 16 nitrogen and oxygen atoms in total. The molecule has 362 valence electrons. The summed E-state index contributed by atoms with van der Waals surface area (Å²) in [5, 5.41) is 107. The fourth-order valence-electron chi connectivity index (χ4n) is 14.9. The maximum Gasteiger partial charge on any atom is 0.187 e. The van der Waals surface area contributed by atoms with Crippen LogP contribution in [0.25, 0.3) is 0 Å². The molecule has 8 aliphatic rings. The van der Waals surface area contributed by atoms with Crippen molar-refractivity contribution in [2.24, 2.45) is 50.2 Å². The summed E-state index contributed by atoms with van der Waals surface area (Å²) in [6.07, 6.45) is -10.2. The Bertz CT molecular complexity index is 1660. The highest BCUT2D eigenvalue weighted by Crippen LogP contribution is 2.76. The standard InChI is InChI=1S/C47H78O16/c1-42(2)14-16-47(22-50)17-15-45(6)23(24(47)18-42)8-9-29-44(5)12-11-30(43(3,4)28(44)10-13-46(29,45)7)61-41-38(63-40-36(57)34(55)32(53)26(19-48)59-40)37(33(54)27(20-49)60-41)62-39-35(56)31(52)25(51)21-58-39/h8,24-41,48-57H,9-22H2,1-7H3/t24?,25-,26+,27+,28?,29?,30?,31-,32+,33+,34-,35+,36+,37-,38+,39-,40-,41-,44-,45+,46+,47+/m0/s1. The van der Waals surface area contributed by atoms with E-state index < -0.39 is 117 Å². The maximum absolute atomic E-state index is 11.6. The average molecular weight is 899 g/mol. The van der Waals surface area contributed by atoms with Gasteiger partial charge in [0.05, 0.1) is 25.9 Å². The predicted octanol–water partition coefficient (Wildman–Crippen LogP) is 1.25. The van der Waals surface area contributed by atoms with Crippen LogP contribution in [-0.2, 0) is 28.4 Å². The number of allylic oxidation sites excluding steroid dienone is 2. The lowest BCUT2D eigenvalue weighted by Gasteiger charge is -2.71. The molecule has 0 aromatic heterocycles. The van der Waals surface area contributed by atoms with Gasteiger partial charge in [0.1, 0.15) is 67.1 Å². The number of rotatable bonds is 9. The minimum Gasteiger partial charge on any atom is -0.396 e. The van der Waals surface area contributed by atoms with E-state index in [-0.39, 0.29) is 39.6 Å². The number of aliphatic hydroxyl groups is 10. The van der Waals surface area contributed by atoms with Gasteiger partial charge in [0, 0.05) is 12.0 Å². The minimum absolute atomic E-state index is 0.00195. The Morgan fingerprint density at radius 2 is 1.25 bits per heavy atom. The van der Waals surface area contributed by atoms with Gasteiger partial charge in [-0.2, -0.15) is 0 Å². The van der Waals surface area contributed by atoms with E-state index in [9.17, 15) is 51.1 Å². The molecule has 10 N–H and O–H groups in total. The number of hydrogen-bond acceptors (Lipinski definition) is 16. The number of hydrogen-bond donors (Lipinski definition) is 10. The topological polar surface area (TPSA) is 258 Å². The first-order chi connectivity index (χ1) is 29.5. The summed E-state index contributed by atoms with van der Waals surface area (Å²) >= 11 is 0. The van der Waals surface area contributed by atoms with Crippen molar-refractivity contribution in [1.82, 2.24) is 0 Å². The second-order valence-corrected chi connectivity index (χ2v) is 23.1. The van der Waals surface area contributed by atoms with Crippen LogP contribution in [0.1, 0.15) is 113 Å². The summed E-state index contributed by atoms with van der Waals surface area (Å²) < 4.78 is 37.0. The monoisotopic (exact) mass is 899 g/mol. The molecular weight excluding hydrogens is 821 g/mol. The average Bonchev–Trinajstić information content (AvgIpc) is 3.23. The third kappa shape index (κ3) is 7.74. The van der Waals surface area contributed by atoms with E-state index in [1.807, 2.05) is 0 Å². The first kappa shape index (κ1) is 48.6. The summed E-state index contributed by atoms with van der Waals surface area (Å²) in [4.78, 5) is 0. The van der Waals surface area contributed by atoms with Crippen LogP contribution < -0.4 is 0 Å². The van der Waals surface area contributed by atoms with Crippen LogP contribution in [0.4, 0.5) is 0 Å². The van der Waals surface area contributed by atoms with Crippen molar-refractivity contribution in [3.63, 3.8) is 0 Å². The molecule has 8 rings (SSSR count). The Balaban J connectivity index is 1.08. The Labute approximate surface area is 371 Å². The van der Waals surface area contributed by atoms with Crippen molar-refractivity contribution in [3.05, 3.63) is 11.6 Å². The van der Waals surface area contributed by atoms with E-state index >= 15 is 0 Å². The molecule has 0 bridgehead atoms. The molecule has 0 spiro atoms. The molecule has 0 aromatic rings. The zero-order valence-electron chi connectivity index (χ0n) is 38.3. The zero-order chi connectivity index (χ0) is 45.8. The lowest BCUT2D eigenvalue weighted by Crippen LogP contribution is -2.68. The van der Waals surface area contributed by atoms with Crippen LogP contribution in [0.2, 0.25) is 0 Å². The van der Waals surface area contributed by atoms with E-state index in [0.29, 0.717) is 18.3 Å². The molecule has 3 heterocycles. The van der Waals surface area contributed by atoms with Gasteiger partial charge in [0.25, 0.3) is 0 Å². The van der Waals surface area contributed by atoms with Gasteiger partial charge in [-0.15, -0.1) is 0 Å². The van der Waals surface area contributed by atoms with E-state index in [4.69, 9.17) is 28.4 Å². The number of ether oxygens (including phenoxy) is 6. The first-order valence-electron chi connectivity index (χ1n) is 23.7. The Hall–Kier alpha value is -0.900. The smallest absolute Gasteiger partial charge is 0.187 e. The fraction of sp³-hybridized carbons (Fsp3) is 0.957. The quantitative estimate of drug-likeness (QED) is 0.115. The van der Waals surface area contributed by atoms with Crippen LogP contribution in [-0.4, -0.2) is 170 Å². The van der Waals surface area contributed by atoms with Gasteiger partial charge >= 0.3 is 0 Å².